The fraction of sp³-hybridized carbons (Fsp3) is 0.235. The van der Waals surface area contributed by atoms with E-state index < -0.39 is 0 Å². The fourth-order valence-corrected chi connectivity index (χ4v) is 3.37. The molecule has 1 heterocycles. The zero-order chi connectivity index (χ0) is 11.9. The van der Waals surface area contributed by atoms with Crippen LogP contribution in [-0.4, -0.2) is 4.98 Å². The molecule has 0 bridgehead atoms. The van der Waals surface area contributed by atoms with Gasteiger partial charge in [-0.05, 0) is 65.1 Å². The second-order valence-electron chi connectivity index (χ2n) is 5.15. The van der Waals surface area contributed by atoms with Gasteiger partial charge >= 0.3 is 0 Å². The Kier molecular flexibility index (Phi) is 2.13. The SMILES string of the molecule is c1ccc2c(c1)CC/C2=C1/CCc2cnccc21. The molecule has 1 heteroatoms. The fourth-order valence-electron chi connectivity index (χ4n) is 3.37. The Bertz CT molecular complexity index is 595. The highest BCUT2D eigenvalue weighted by atomic mass is 14.6. The maximum absolute atomic E-state index is 4.24. The molecule has 1 aromatic heterocycles. The third kappa shape index (κ3) is 1.37. The largest absolute Gasteiger partial charge is 0.264 e. The zero-order valence-corrected chi connectivity index (χ0v) is 10.3. The van der Waals surface area contributed by atoms with Crippen LogP contribution in [-0.2, 0) is 12.8 Å². The summed E-state index contributed by atoms with van der Waals surface area (Å²) in [5, 5.41) is 0. The van der Waals surface area contributed by atoms with E-state index in [-0.39, 0.29) is 0 Å². The molecule has 0 spiro atoms. The van der Waals surface area contributed by atoms with Crippen molar-refractivity contribution in [2.24, 2.45) is 0 Å². The number of aryl methyl sites for hydroxylation is 2. The Morgan fingerprint density at radius 2 is 1.44 bits per heavy atom. The lowest BCUT2D eigenvalue weighted by atomic mass is 9.98. The van der Waals surface area contributed by atoms with Crippen molar-refractivity contribution < 1.29 is 0 Å². The zero-order valence-electron chi connectivity index (χ0n) is 10.3. The highest BCUT2D eigenvalue weighted by Gasteiger charge is 2.24. The molecule has 18 heavy (non-hydrogen) atoms. The van der Waals surface area contributed by atoms with Gasteiger partial charge in [-0.25, -0.2) is 0 Å². The number of benzene rings is 1. The average Bonchev–Trinajstić information content (AvgIpc) is 3.01. The van der Waals surface area contributed by atoms with Gasteiger partial charge in [-0.3, -0.25) is 4.98 Å². The first-order valence-corrected chi connectivity index (χ1v) is 6.67. The van der Waals surface area contributed by atoms with Gasteiger partial charge in [0.25, 0.3) is 0 Å². The summed E-state index contributed by atoms with van der Waals surface area (Å²) in [5.41, 5.74) is 9.01. The minimum absolute atomic E-state index is 1.16. The number of nitrogens with zero attached hydrogens (tertiary/aromatic N) is 1. The summed E-state index contributed by atoms with van der Waals surface area (Å²) in [4.78, 5) is 4.24. The molecule has 1 nitrogen and oxygen atoms in total. The van der Waals surface area contributed by atoms with Crippen molar-refractivity contribution >= 4 is 11.1 Å². The van der Waals surface area contributed by atoms with Crippen molar-refractivity contribution in [3.8, 4) is 0 Å². The van der Waals surface area contributed by atoms with Crippen LogP contribution in [0, 0.1) is 0 Å². The second-order valence-corrected chi connectivity index (χ2v) is 5.15. The summed E-state index contributed by atoms with van der Waals surface area (Å²) >= 11 is 0. The summed E-state index contributed by atoms with van der Waals surface area (Å²) in [7, 11) is 0. The first kappa shape index (κ1) is 10.1. The van der Waals surface area contributed by atoms with Gasteiger partial charge in [0.1, 0.15) is 0 Å². The van der Waals surface area contributed by atoms with Gasteiger partial charge < -0.3 is 0 Å². The van der Waals surface area contributed by atoms with Crippen molar-refractivity contribution in [1.29, 1.82) is 0 Å². The van der Waals surface area contributed by atoms with E-state index in [0.717, 1.165) is 6.42 Å². The predicted octanol–water partition coefficient (Wildman–Crippen LogP) is 3.88. The molecule has 88 valence electrons. The average molecular weight is 233 g/mol. The first-order chi connectivity index (χ1) is 8.93. The van der Waals surface area contributed by atoms with Gasteiger partial charge in [-0.1, -0.05) is 24.3 Å². The van der Waals surface area contributed by atoms with E-state index in [2.05, 4.69) is 35.3 Å². The summed E-state index contributed by atoms with van der Waals surface area (Å²) in [5.74, 6) is 0. The lowest BCUT2D eigenvalue weighted by molar-refractivity contribution is 1.05. The molecule has 0 saturated heterocycles. The van der Waals surface area contributed by atoms with E-state index >= 15 is 0 Å². The molecule has 0 saturated carbocycles. The van der Waals surface area contributed by atoms with E-state index in [0.29, 0.717) is 0 Å². The first-order valence-electron chi connectivity index (χ1n) is 6.67. The third-order valence-electron chi connectivity index (χ3n) is 4.22. The quantitative estimate of drug-likeness (QED) is 0.672. The Hall–Kier alpha value is -1.89. The molecule has 1 aromatic carbocycles. The van der Waals surface area contributed by atoms with Gasteiger partial charge in [0.2, 0.25) is 0 Å². The molecule has 2 aliphatic rings. The highest BCUT2D eigenvalue weighted by molar-refractivity contribution is 5.95. The van der Waals surface area contributed by atoms with Crippen LogP contribution in [0.1, 0.15) is 35.1 Å². The van der Waals surface area contributed by atoms with E-state index in [1.807, 2.05) is 12.4 Å². The summed E-state index contributed by atoms with van der Waals surface area (Å²) < 4.78 is 0. The van der Waals surface area contributed by atoms with Crippen molar-refractivity contribution in [2.45, 2.75) is 25.7 Å². The molecular formula is C17H15N. The van der Waals surface area contributed by atoms with Crippen molar-refractivity contribution in [1.82, 2.24) is 4.98 Å². The second kappa shape index (κ2) is 3.81. The van der Waals surface area contributed by atoms with Crippen LogP contribution in [0.3, 0.4) is 0 Å². The van der Waals surface area contributed by atoms with Crippen LogP contribution in [0.2, 0.25) is 0 Å². The van der Waals surface area contributed by atoms with Crippen molar-refractivity contribution in [2.75, 3.05) is 0 Å². The molecule has 2 aliphatic carbocycles. The van der Waals surface area contributed by atoms with Crippen LogP contribution in [0.5, 0.6) is 0 Å². The molecule has 0 radical (unpaired) electrons. The number of hydrogen-bond acceptors (Lipinski definition) is 1. The monoisotopic (exact) mass is 233 g/mol. The van der Waals surface area contributed by atoms with Crippen molar-refractivity contribution in [3.63, 3.8) is 0 Å². The number of allylic oxidation sites excluding steroid dienone is 2. The Balaban J connectivity index is 1.93. The smallest absolute Gasteiger partial charge is 0.0306 e. The summed E-state index contributed by atoms with van der Waals surface area (Å²) in [6.45, 7) is 0. The van der Waals surface area contributed by atoms with E-state index in [4.69, 9.17) is 0 Å². The van der Waals surface area contributed by atoms with Gasteiger partial charge in [0.15, 0.2) is 0 Å². The van der Waals surface area contributed by atoms with Crippen LogP contribution in [0.15, 0.2) is 42.7 Å². The van der Waals surface area contributed by atoms with Gasteiger partial charge in [-0.2, -0.15) is 0 Å². The molecule has 0 atom stereocenters. The van der Waals surface area contributed by atoms with Crippen LogP contribution >= 0.6 is 0 Å². The van der Waals surface area contributed by atoms with Crippen LogP contribution in [0.25, 0.3) is 11.1 Å². The lowest BCUT2D eigenvalue weighted by Gasteiger charge is -2.07. The maximum Gasteiger partial charge on any atom is 0.0306 e. The standard InChI is InChI=1S/C17H15N/c1-2-4-14-12(3-1)5-7-16(14)17-8-6-13-11-18-10-9-15(13)17/h1-4,9-11H,5-8H2/b17-16+. The van der Waals surface area contributed by atoms with Crippen LogP contribution < -0.4 is 0 Å². The Morgan fingerprint density at radius 3 is 2.33 bits per heavy atom. The van der Waals surface area contributed by atoms with Crippen molar-refractivity contribution in [3.05, 3.63) is 65.0 Å². The van der Waals surface area contributed by atoms with Gasteiger partial charge in [0.05, 0.1) is 0 Å². The summed E-state index contributed by atoms with van der Waals surface area (Å²) in [6.07, 6.45) is 8.70. The molecule has 4 rings (SSSR count). The third-order valence-corrected chi connectivity index (χ3v) is 4.22. The number of rotatable bonds is 0. The molecule has 0 aliphatic heterocycles. The highest BCUT2D eigenvalue weighted by Crippen LogP contribution is 2.43. The van der Waals surface area contributed by atoms with Crippen LogP contribution in [0.4, 0.5) is 0 Å². The minimum atomic E-state index is 1.16. The topological polar surface area (TPSA) is 12.9 Å². The molecule has 2 aromatic rings. The molecule has 0 amide bonds. The summed E-state index contributed by atoms with van der Waals surface area (Å²) in [6, 6.07) is 11.0. The van der Waals surface area contributed by atoms with E-state index in [9.17, 15) is 0 Å². The minimum Gasteiger partial charge on any atom is -0.264 e. The molecule has 0 fully saturated rings. The molecule has 0 N–H and O–H groups in total. The number of pyridine rings is 1. The Morgan fingerprint density at radius 1 is 0.722 bits per heavy atom. The molecular weight excluding hydrogens is 218 g/mol. The van der Waals surface area contributed by atoms with Gasteiger partial charge in [0, 0.05) is 12.4 Å². The lowest BCUT2D eigenvalue weighted by Crippen LogP contribution is -1.86. The maximum atomic E-state index is 4.24. The normalized spacial score (nSPS) is 20.9. The Labute approximate surface area is 107 Å². The number of aromatic nitrogens is 1. The van der Waals surface area contributed by atoms with Gasteiger partial charge in [-0.15, -0.1) is 0 Å². The predicted molar refractivity (Wildman–Crippen MR) is 74.1 cm³/mol. The van der Waals surface area contributed by atoms with E-state index in [1.54, 1.807) is 11.1 Å². The molecule has 0 unspecified atom stereocenters. The number of fused-ring (bicyclic) bond motifs is 2. The van der Waals surface area contributed by atoms with E-state index in [1.165, 1.54) is 41.5 Å². The number of hydrogen-bond donors (Lipinski definition) is 0.